The molecular weight excluding hydrogens is 316 g/mol. The highest BCUT2D eigenvalue weighted by Gasteiger charge is 2.30. The number of methoxy groups -OCH3 is 1. The number of anilines is 1. The Hall–Kier alpha value is -0.740. The van der Waals surface area contributed by atoms with E-state index in [9.17, 15) is 0 Å². The maximum Gasteiger partial charge on any atom is 0.121 e. The van der Waals surface area contributed by atoms with E-state index in [1.54, 1.807) is 7.11 Å². The van der Waals surface area contributed by atoms with Gasteiger partial charge in [-0.15, -0.1) is 0 Å². The highest BCUT2D eigenvalue weighted by molar-refractivity contribution is 9.10. The van der Waals surface area contributed by atoms with Gasteiger partial charge >= 0.3 is 0 Å². The van der Waals surface area contributed by atoms with Crippen LogP contribution in [0.2, 0.25) is 0 Å². The van der Waals surface area contributed by atoms with Crippen LogP contribution in [-0.2, 0) is 0 Å². The molecule has 112 valence electrons. The maximum absolute atomic E-state index is 5.39. The normalized spacial score (nSPS) is 23.2. The molecule has 2 rings (SSSR count). The summed E-state index contributed by atoms with van der Waals surface area (Å²) in [6.45, 7) is 8.91. The summed E-state index contributed by atoms with van der Waals surface area (Å²) in [6, 6.07) is 7.29. The highest BCUT2D eigenvalue weighted by atomic mass is 79.9. The van der Waals surface area contributed by atoms with Gasteiger partial charge in [-0.25, -0.2) is 0 Å². The average molecular weight is 341 g/mol. The number of rotatable bonds is 4. The molecule has 20 heavy (non-hydrogen) atoms. The minimum Gasteiger partial charge on any atom is -0.497 e. The molecule has 1 N–H and O–H groups in total. The van der Waals surface area contributed by atoms with Gasteiger partial charge in [-0.2, -0.15) is 0 Å². The lowest BCUT2D eigenvalue weighted by molar-refractivity contribution is 0.332. The lowest BCUT2D eigenvalue weighted by Crippen LogP contribution is -2.58. The molecule has 1 saturated heterocycles. The fourth-order valence-corrected chi connectivity index (χ4v) is 3.29. The smallest absolute Gasteiger partial charge is 0.121 e. The van der Waals surface area contributed by atoms with E-state index >= 15 is 0 Å². The van der Waals surface area contributed by atoms with E-state index in [1.807, 2.05) is 6.07 Å². The summed E-state index contributed by atoms with van der Waals surface area (Å²) in [5.41, 5.74) is 1.24. The second-order valence-electron chi connectivity index (χ2n) is 5.79. The van der Waals surface area contributed by atoms with Crippen LogP contribution in [0.15, 0.2) is 22.7 Å². The Balaban J connectivity index is 2.34. The minimum atomic E-state index is 0.515. The third kappa shape index (κ3) is 3.29. The Morgan fingerprint density at radius 2 is 2.20 bits per heavy atom. The molecule has 2 atom stereocenters. The van der Waals surface area contributed by atoms with Crippen molar-refractivity contribution in [3.63, 3.8) is 0 Å². The van der Waals surface area contributed by atoms with Crippen molar-refractivity contribution in [2.75, 3.05) is 25.1 Å². The number of hydrogen-bond donors (Lipinski definition) is 1. The van der Waals surface area contributed by atoms with Crippen LogP contribution in [0.4, 0.5) is 5.69 Å². The third-order valence-electron chi connectivity index (χ3n) is 4.16. The van der Waals surface area contributed by atoms with Crippen LogP contribution in [0.1, 0.15) is 27.2 Å². The van der Waals surface area contributed by atoms with E-state index in [1.165, 1.54) is 5.69 Å². The zero-order chi connectivity index (χ0) is 14.7. The summed E-state index contributed by atoms with van der Waals surface area (Å²) in [4.78, 5) is 2.53. The molecular formula is C16H25BrN2O. The molecule has 0 bridgehead atoms. The van der Waals surface area contributed by atoms with Crippen LogP contribution in [0.3, 0.4) is 0 Å². The Labute approximate surface area is 130 Å². The van der Waals surface area contributed by atoms with Gasteiger partial charge in [0.2, 0.25) is 0 Å². The first-order valence-electron chi connectivity index (χ1n) is 7.40. The number of halogens is 1. The van der Waals surface area contributed by atoms with Crippen LogP contribution in [-0.4, -0.2) is 32.3 Å². The van der Waals surface area contributed by atoms with Gasteiger partial charge in [-0.1, -0.05) is 20.8 Å². The van der Waals surface area contributed by atoms with Gasteiger partial charge in [0, 0.05) is 35.7 Å². The van der Waals surface area contributed by atoms with Crippen molar-refractivity contribution in [3.8, 4) is 5.75 Å². The van der Waals surface area contributed by atoms with Crippen LogP contribution in [0.25, 0.3) is 0 Å². The van der Waals surface area contributed by atoms with E-state index in [2.05, 4.69) is 59.1 Å². The zero-order valence-electron chi connectivity index (χ0n) is 12.8. The first-order chi connectivity index (χ1) is 9.56. The molecule has 1 aromatic rings. The second-order valence-corrected chi connectivity index (χ2v) is 6.65. The molecule has 0 saturated carbocycles. The average Bonchev–Trinajstić information content (AvgIpc) is 2.47. The lowest BCUT2D eigenvalue weighted by Gasteiger charge is -2.44. The quantitative estimate of drug-likeness (QED) is 0.904. The molecule has 1 heterocycles. The van der Waals surface area contributed by atoms with Gasteiger partial charge in [0.1, 0.15) is 5.75 Å². The Morgan fingerprint density at radius 3 is 2.80 bits per heavy atom. The topological polar surface area (TPSA) is 24.5 Å². The number of nitrogens with zero attached hydrogens (tertiary/aromatic N) is 1. The Kier molecular flexibility index (Phi) is 5.33. The summed E-state index contributed by atoms with van der Waals surface area (Å²) < 4.78 is 6.53. The molecule has 2 unspecified atom stereocenters. The largest absolute Gasteiger partial charge is 0.497 e. The summed E-state index contributed by atoms with van der Waals surface area (Å²) in [5, 5.41) is 3.66. The summed E-state index contributed by atoms with van der Waals surface area (Å²) in [7, 11) is 1.72. The van der Waals surface area contributed by atoms with Gasteiger partial charge in [0.05, 0.1) is 12.8 Å². The third-order valence-corrected chi connectivity index (χ3v) is 4.83. The van der Waals surface area contributed by atoms with Gasteiger partial charge < -0.3 is 15.0 Å². The molecule has 1 aliphatic rings. The SMILES string of the molecule is CCC1CN(c2cc(OC)ccc2Br)C(C(C)C)CN1. The molecule has 1 fully saturated rings. The number of benzene rings is 1. The Bertz CT molecular complexity index is 450. The minimum absolute atomic E-state index is 0.515. The van der Waals surface area contributed by atoms with E-state index < -0.39 is 0 Å². The number of hydrogen-bond acceptors (Lipinski definition) is 3. The van der Waals surface area contributed by atoms with E-state index in [0.717, 1.165) is 29.7 Å². The van der Waals surface area contributed by atoms with Crippen LogP contribution >= 0.6 is 15.9 Å². The van der Waals surface area contributed by atoms with Crippen LogP contribution < -0.4 is 15.0 Å². The van der Waals surface area contributed by atoms with Crippen LogP contribution in [0.5, 0.6) is 5.75 Å². The van der Waals surface area contributed by atoms with Gasteiger partial charge in [-0.3, -0.25) is 0 Å². The van der Waals surface area contributed by atoms with Gasteiger partial charge in [0.25, 0.3) is 0 Å². The Morgan fingerprint density at radius 1 is 1.45 bits per heavy atom. The van der Waals surface area contributed by atoms with E-state index in [0.29, 0.717) is 18.0 Å². The molecule has 0 amide bonds. The molecule has 1 aliphatic heterocycles. The zero-order valence-corrected chi connectivity index (χ0v) is 14.4. The molecule has 0 radical (unpaired) electrons. The van der Waals surface area contributed by atoms with Crippen molar-refractivity contribution in [2.45, 2.75) is 39.3 Å². The van der Waals surface area contributed by atoms with Crippen molar-refractivity contribution in [3.05, 3.63) is 22.7 Å². The van der Waals surface area contributed by atoms with E-state index in [4.69, 9.17) is 4.74 Å². The molecule has 3 nitrogen and oxygen atoms in total. The van der Waals surface area contributed by atoms with Crippen molar-refractivity contribution < 1.29 is 4.74 Å². The first-order valence-corrected chi connectivity index (χ1v) is 8.19. The lowest BCUT2D eigenvalue weighted by atomic mass is 9.97. The number of ether oxygens (including phenoxy) is 1. The molecule has 1 aromatic carbocycles. The summed E-state index contributed by atoms with van der Waals surface area (Å²) in [5.74, 6) is 1.52. The molecule has 0 aromatic heterocycles. The fraction of sp³-hybridized carbons (Fsp3) is 0.625. The number of piperazine rings is 1. The predicted molar refractivity (Wildman–Crippen MR) is 88.7 cm³/mol. The van der Waals surface area contributed by atoms with Crippen molar-refractivity contribution in [2.24, 2.45) is 5.92 Å². The van der Waals surface area contributed by atoms with Gasteiger partial charge in [-0.05, 0) is 40.4 Å². The predicted octanol–water partition coefficient (Wildman–Crippen LogP) is 3.67. The molecule has 0 spiro atoms. The van der Waals surface area contributed by atoms with Crippen molar-refractivity contribution >= 4 is 21.6 Å². The van der Waals surface area contributed by atoms with Crippen molar-refractivity contribution in [1.29, 1.82) is 0 Å². The molecule has 0 aliphatic carbocycles. The fourth-order valence-electron chi connectivity index (χ4n) is 2.82. The monoisotopic (exact) mass is 340 g/mol. The van der Waals surface area contributed by atoms with Gasteiger partial charge in [0.15, 0.2) is 0 Å². The van der Waals surface area contributed by atoms with Crippen LogP contribution in [0, 0.1) is 5.92 Å². The maximum atomic E-state index is 5.39. The summed E-state index contributed by atoms with van der Waals surface area (Å²) in [6.07, 6.45) is 1.16. The van der Waals surface area contributed by atoms with Crippen molar-refractivity contribution in [1.82, 2.24) is 5.32 Å². The number of nitrogens with one attached hydrogen (secondary N) is 1. The standard InChI is InChI=1S/C16H25BrN2O/c1-5-12-10-19(16(9-18-12)11(2)3)15-8-13(20-4)6-7-14(15)17/h6-8,11-12,16,18H,5,9-10H2,1-4H3. The highest BCUT2D eigenvalue weighted by Crippen LogP contribution is 2.34. The second kappa shape index (κ2) is 6.81. The first kappa shape index (κ1) is 15.6. The van der Waals surface area contributed by atoms with E-state index in [-0.39, 0.29) is 0 Å². The molecule has 4 heteroatoms. The summed E-state index contributed by atoms with van der Waals surface area (Å²) >= 11 is 3.70.